The highest BCUT2D eigenvalue weighted by molar-refractivity contribution is 5.40. The number of methoxy groups -OCH3 is 2. The van der Waals surface area contributed by atoms with Crippen LogP contribution in [0.15, 0.2) is 48.5 Å². The molecule has 0 aliphatic heterocycles. The molecule has 0 heterocycles. The summed E-state index contributed by atoms with van der Waals surface area (Å²) in [5.74, 6) is 3.15. The third-order valence-electron chi connectivity index (χ3n) is 3.88. The predicted molar refractivity (Wildman–Crippen MR) is 76.1 cm³/mol. The molecule has 0 amide bonds. The van der Waals surface area contributed by atoms with Crippen LogP contribution >= 0.6 is 0 Å². The summed E-state index contributed by atoms with van der Waals surface area (Å²) in [5.41, 5.74) is 2.81. The van der Waals surface area contributed by atoms with Gasteiger partial charge in [-0.15, -0.1) is 0 Å². The lowest BCUT2D eigenvalue weighted by Gasteiger charge is -2.04. The van der Waals surface area contributed by atoms with Gasteiger partial charge >= 0.3 is 0 Å². The van der Waals surface area contributed by atoms with E-state index < -0.39 is 0 Å². The average Bonchev–Trinajstić information content (AvgIpc) is 3.28. The molecule has 2 nitrogen and oxygen atoms in total. The minimum atomic E-state index is 0.652. The van der Waals surface area contributed by atoms with Gasteiger partial charge in [-0.25, -0.2) is 0 Å². The lowest BCUT2D eigenvalue weighted by atomic mass is 10.0. The zero-order chi connectivity index (χ0) is 13.2. The van der Waals surface area contributed by atoms with Gasteiger partial charge in [-0.05, 0) is 53.6 Å². The van der Waals surface area contributed by atoms with Crippen LogP contribution in [0.3, 0.4) is 0 Å². The van der Waals surface area contributed by atoms with Gasteiger partial charge in [0.05, 0.1) is 14.2 Å². The second-order valence-electron chi connectivity index (χ2n) is 5.00. The number of benzene rings is 2. The maximum Gasteiger partial charge on any atom is 0.118 e. The normalized spacial score (nSPS) is 20.9. The highest BCUT2D eigenvalue weighted by Gasteiger charge is 2.39. The van der Waals surface area contributed by atoms with Crippen molar-refractivity contribution in [1.29, 1.82) is 0 Å². The average molecular weight is 254 g/mol. The summed E-state index contributed by atoms with van der Waals surface area (Å²) in [6.07, 6.45) is 1.23. The monoisotopic (exact) mass is 254 g/mol. The molecule has 0 aromatic heterocycles. The largest absolute Gasteiger partial charge is 0.497 e. The zero-order valence-electron chi connectivity index (χ0n) is 11.3. The first kappa shape index (κ1) is 12.1. The van der Waals surface area contributed by atoms with Gasteiger partial charge in [0, 0.05) is 0 Å². The summed E-state index contributed by atoms with van der Waals surface area (Å²) in [6.45, 7) is 0. The second kappa shape index (κ2) is 4.96. The summed E-state index contributed by atoms with van der Waals surface area (Å²) in [6, 6.07) is 16.9. The van der Waals surface area contributed by atoms with E-state index in [4.69, 9.17) is 9.47 Å². The molecule has 2 atom stereocenters. The second-order valence-corrected chi connectivity index (χ2v) is 5.00. The van der Waals surface area contributed by atoms with Gasteiger partial charge in [-0.3, -0.25) is 0 Å². The summed E-state index contributed by atoms with van der Waals surface area (Å²) >= 11 is 0. The fourth-order valence-electron chi connectivity index (χ4n) is 2.63. The third kappa shape index (κ3) is 2.43. The molecule has 1 aliphatic carbocycles. The Morgan fingerprint density at radius 1 is 0.684 bits per heavy atom. The molecule has 1 aliphatic rings. The summed E-state index contributed by atoms with van der Waals surface area (Å²) in [5, 5.41) is 0. The van der Waals surface area contributed by atoms with Crippen LogP contribution in [0.2, 0.25) is 0 Å². The molecular weight excluding hydrogens is 236 g/mol. The lowest BCUT2D eigenvalue weighted by molar-refractivity contribution is 0.414. The molecule has 0 N–H and O–H groups in total. The molecule has 1 fully saturated rings. The van der Waals surface area contributed by atoms with Crippen molar-refractivity contribution >= 4 is 0 Å². The van der Waals surface area contributed by atoms with Gasteiger partial charge in [0.25, 0.3) is 0 Å². The van der Waals surface area contributed by atoms with Gasteiger partial charge < -0.3 is 9.47 Å². The van der Waals surface area contributed by atoms with Crippen molar-refractivity contribution in [2.75, 3.05) is 14.2 Å². The van der Waals surface area contributed by atoms with Gasteiger partial charge in [0.2, 0.25) is 0 Å². The van der Waals surface area contributed by atoms with Crippen LogP contribution in [0, 0.1) is 0 Å². The topological polar surface area (TPSA) is 18.5 Å². The van der Waals surface area contributed by atoms with Crippen molar-refractivity contribution in [1.82, 2.24) is 0 Å². The van der Waals surface area contributed by atoms with E-state index in [0.29, 0.717) is 11.8 Å². The van der Waals surface area contributed by atoms with Crippen LogP contribution in [0.25, 0.3) is 0 Å². The molecular formula is C17H18O2. The lowest BCUT2D eigenvalue weighted by Crippen LogP contribution is -1.87. The molecule has 0 bridgehead atoms. The minimum Gasteiger partial charge on any atom is -0.497 e. The van der Waals surface area contributed by atoms with Crippen LogP contribution < -0.4 is 9.47 Å². The molecule has 0 radical (unpaired) electrons. The molecule has 98 valence electrons. The van der Waals surface area contributed by atoms with Crippen molar-refractivity contribution in [3.05, 3.63) is 59.7 Å². The first-order valence-electron chi connectivity index (χ1n) is 6.59. The molecule has 2 unspecified atom stereocenters. The molecule has 0 spiro atoms. The Labute approximate surface area is 114 Å². The number of ether oxygens (including phenoxy) is 2. The van der Waals surface area contributed by atoms with Crippen molar-refractivity contribution in [3.63, 3.8) is 0 Å². The van der Waals surface area contributed by atoms with E-state index in [2.05, 4.69) is 24.3 Å². The Balaban J connectivity index is 1.72. The van der Waals surface area contributed by atoms with E-state index >= 15 is 0 Å². The maximum atomic E-state index is 5.19. The van der Waals surface area contributed by atoms with Crippen LogP contribution in [-0.4, -0.2) is 14.2 Å². The molecule has 2 aromatic rings. The Hall–Kier alpha value is -1.96. The molecule has 2 heteroatoms. The van der Waals surface area contributed by atoms with Crippen molar-refractivity contribution in [3.8, 4) is 11.5 Å². The van der Waals surface area contributed by atoms with E-state index in [1.165, 1.54) is 17.5 Å². The third-order valence-corrected chi connectivity index (χ3v) is 3.88. The van der Waals surface area contributed by atoms with Gasteiger partial charge in [0.1, 0.15) is 11.5 Å². The Bertz CT molecular complexity index is 491. The van der Waals surface area contributed by atoms with Crippen molar-refractivity contribution < 1.29 is 9.47 Å². The smallest absolute Gasteiger partial charge is 0.118 e. The quantitative estimate of drug-likeness (QED) is 0.821. The molecule has 3 rings (SSSR count). The van der Waals surface area contributed by atoms with Crippen LogP contribution in [0.1, 0.15) is 29.4 Å². The van der Waals surface area contributed by atoms with E-state index in [9.17, 15) is 0 Å². The van der Waals surface area contributed by atoms with Gasteiger partial charge in [-0.2, -0.15) is 0 Å². The Morgan fingerprint density at radius 3 is 1.37 bits per heavy atom. The van der Waals surface area contributed by atoms with Crippen LogP contribution in [0.5, 0.6) is 11.5 Å². The summed E-state index contributed by atoms with van der Waals surface area (Å²) in [7, 11) is 3.40. The fraction of sp³-hybridized carbons (Fsp3) is 0.294. The summed E-state index contributed by atoms with van der Waals surface area (Å²) in [4.78, 5) is 0. The zero-order valence-corrected chi connectivity index (χ0v) is 11.3. The first-order chi connectivity index (χ1) is 9.31. The van der Waals surface area contributed by atoms with Crippen molar-refractivity contribution in [2.45, 2.75) is 18.3 Å². The first-order valence-corrected chi connectivity index (χ1v) is 6.59. The predicted octanol–water partition coefficient (Wildman–Crippen LogP) is 3.97. The van der Waals surface area contributed by atoms with Crippen LogP contribution in [0.4, 0.5) is 0 Å². The molecule has 1 saturated carbocycles. The van der Waals surface area contributed by atoms with Gasteiger partial charge in [0.15, 0.2) is 0 Å². The maximum absolute atomic E-state index is 5.19. The fourth-order valence-corrected chi connectivity index (χ4v) is 2.63. The molecule has 0 saturated heterocycles. The highest BCUT2D eigenvalue weighted by Crippen LogP contribution is 2.54. The highest BCUT2D eigenvalue weighted by atomic mass is 16.5. The number of rotatable bonds is 4. The number of hydrogen-bond acceptors (Lipinski definition) is 2. The Kier molecular flexibility index (Phi) is 3.16. The van der Waals surface area contributed by atoms with Crippen molar-refractivity contribution in [2.24, 2.45) is 0 Å². The standard InChI is InChI=1S/C17H18O2/c1-18-14-7-3-12(4-8-14)16-11-17(16)13-5-9-15(19-2)10-6-13/h3-10,16-17H,11H2,1-2H3. The Morgan fingerprint density at radius 2 is 1.05 bits per heavy atom. The molecule has 19 heavy (non-hydrogen) atoms. The van der Waals surface area contributed by atoms with E-state index in [-0.39, 0.29) is 0 Å². The SMILES string of the molecule is COc1ccc(C2CC2c2ccc(OC)cc2)cc1. The molecule has 2 aromatic carbocycles. The van der Waals surface area contributed by atoms with E-state index in [0.717, 1.165) is 11.5 Å². The van der Waals surface area contributed by atoms with E-state index in [1.807, 2.05) is 24.3 Å². The van der Waals surface area contributed by atoms with Gasteiger partial charge in [-0.1, -0.05) is 24.3 Å². The minimum absolute atomic E-state index is 0.652. The van der Waals surface area contributed by atoms with E-state index in [1.54, 1.807) is 14.2 Å². The summed E-state index contributed by atoms with van der Waals surface area (Å²) < 4.78 is 10.4. The number of hydrogen-bond donors (Lipinski definition) is 0. The van der Waals surface area contributed by atoms with Crippen LogP contribution in [-0.2, 0) is 0 Å².